The Kier molecular flexibility index (Phi) is 4.08. The third-order valence-corrected chi connectivity index (χ3v) is 3.97. The first-order valence-electron chi connectivity index (χ1n) is 7.45. The molecule has 3 rings (SSSR count). The zero-order valence-corrected chi connectivity index (χ0v) is 12.0. The number of nitrogen functional groups attached to an aromatic ring is 1. The molecule has 1 aliphatic carbocycles. The molecular formula is C16H20FN3O. The molecular weight excluding hydrogens is 269 g/mol. The summed E-state index contributed by atoms with van der Waals surface area (Å²) in [5.41, 5.74) is 6.82. The summed E-state index contributed by atoms with van der Waals surface area (Å²) in [6.45, 7) is 0.227. The average molecular weight is 289 g/mol. The van der Waals surface area contributed by atoms with E-state index >= 15 is 0 Å². The molecule has 1 aliphatic rings. The van der Waals surface area contributed by atoms with E-state index < -0.39 is 5.82 Å². The summed E-state index contributed by atoms with van der Waals surface area (Å²) < 4.78 is 21.1. The van der Waals surface area contributed by atoms with Gasteiger partial charge in [0.05, 0.1) is 17.4 Å². The summed E-state index contributed by atoms with van der Waals surface area (Å²) in [5.74, 6) is -0.341. The lowest BCUT2D eigenvalue weighted by atomic mass is 9.96. The van der Waals surface area contributed by atoms with Gasteiger partial charge in [-0.1, -0.05) is 25.3 Å². The lowest BCUT2D eigenvalue weighted by Gasteiger charge is -2.21. The molecule has 1 aromatic heterocycles. The van der Waals surface area contributed by atoms with Crippen LogP contribution in [0.15, 0.2) is 30.5 Å². The molecule has 0 saturated heterocycles. The zero-order valence-electron chi connectivity index (χ0n) is 12.0. The summed E-state index contributed by atoms with van der Waals surface area (Å²) in [4.78, 5) is 0. The minimum Gasteiger partial charge on any atom is -0.482 e. The van der Waals surface area contributed by atoms with Crippen LogP contribution in [0.3, 0.4) is 0 Å². The summed E-state index contributed by atoms with van der Waals surface area (Å²) in [5, 5.41) is 4.54. The monoisotopic (exact) mass is 289 g/mol. The van der Waals surface area contributed by atoms with E-state index in [0.29, 0.717) is 11.7 Å². The van der Waals surface area contributed by atoms with Crippen molar-refractivity contribution in [3.8, 4) is 5.75 Å². The van der Waals surface area contributed by atoms with Crippen molar-refractivity contribution in [3.05, 3.63) is 42.0 Å². The van der Waals surface area contributed by atoms with Gasteiger partial charge in [0.2, 0.25) is 0 Å². The highest BCUT2D eigenvalue weighted by Gasteiger charge is 2.16. The topological polar surface area (TPSA) is 53.1 Å². The first-order valence-corrected chi connectivity index (χ1v) is 7.45. The first-order chi connectivity index (χ1) is 10.2. The van der Waals surface area contributed by atoms with Crippen molar-refractivity contribution < 1.29 is 9.13 Å². The van der Waals surface area contributed by atoms with Gasteiger partial charge in [0, 0.05) is 6.20 Å². The number of nitrogens with two attached hydrogens (primary N) is 1. The van der Waals surface area contributed by atoms with Crippen molar-refractivity contribution in [1.29, 1.82) is 0 Å². The number of ether oxygens (including phenoxy) is 1. The molecule has 1 saturated carbocycles. The van der Waals surface area contributed by atoms with Crippen LogP contribution in [0.2, 0.25) is 0 Å². The number of halogens is 1. The van der Waals surface area contributed by atoms with Crippen molar-refractivity contribution in [1.82, 2.24) is 9.78 Å². The van der Waals surface area contributed by atoms with Gasteiger partial charge >= 0.3 is 0 Å². The molecule has 1 fully saturated rings. The number of anilines is 1. The predicted octanol–water partition coefficient (Wildman–Crippen LogP) is 3.69. The van der Waals surface area contributed by atoms with Crippen LogP contribution in [0, 0.1) is 5.82 Å². The largest absolute Gasteiger partial charge is 0.482 e. The van der Waals surface area contributed by atoms with E-state index in [4.69, 9.17) is 10.5 Å². The number of hydrogen-bond donors (Lipinski definition) is 1. The number of benzene rings is 1. The van der Waals surface area contributed by atoms with Gasteiger partial charge in [0.1, 0.15) is 6.61 Å². The quantitative estimate of drug-likeness (QED) is 0.873. The van der Waals surface area contributed by atoms with Crippen LogP contribution in [-0.4, -0.2) is 9.78 Å². The minimum absolute atomic E-state index is 0.102. The van der Waals surface area contributed by atoms with Crippen molar-refractivity contribution in [3.63, 3.8) is 0 Å². The molecule has 0 atom stereocenters. The second-order valence-electron chi connectivity index (χ2n) is 5.53. The first kappa shape index (κ1) is 13.9. The Morgan fingerprint density at radius 3 is 2.81 bits per heavy atom. The zero-order chi connectivity index (χ0) is 14.7. The molecule has 0 radical (unpaired) electrons. The van der Waals surface area contributed by atoms with Gasteiger partial charge in [-0.3, -0.25) is 4.68 Å². The highest BCUT2D eigenvalue weighted by Crippen LogP contribution is 2.28. The molecule has 1 heterocycles. The van der Waals surface area contributed by atoms with Gasteiger partial charge in [-0.25, -0.2) is 4.39 Å². The molecule has 0 aliphatic heterocycles. The molecule has 0 spiro atoms. The van der Waals surface area contributed by atoms with Gasteiger partial charge in [-0.05, 0) is 31.0 Å². The Hall–Kier alpha value is -2.04. The van der Waals surface area contributed by atoms with Crippen molar-refractivity contribution in [2.24, 2.45) is 0 Å². The van der Waals surface area contributed by atoms with Crippen LogP contribution >= 0.6 is 0 Å². The molecule has 0 amide bonds. The van der Waals surface area contributed by atoms with E-state index in [1.807, 2.05) is 16.9 Å². The Labute approximate surface area is 123 Å². The predicted molar refractivity (Wildman–Crippen MR) is 79.5 cm³/mol. The van der Waals surface area contributed by atoms with Gasteiger partial charge in [-0.15, -0.1) is 0 Å². The Bertz CT molecular complexity index is 585. The maximum atomic E-state index is 13.6. The fraction of sp³-hybridized carbons (Fsp3) is 0.438. The highest BCUT2D eigenvalue weighted by molar-refractivity contribution is 5.52. The van der Waals surface area contributed by atoms with Crippen LogP contribution in [-0.2, 0) is 6.61 Å². The molecule has 4 nitrogen and oxygen atoms in total. The molecule has 0 unspecified atom stereocenters. The Morgan fingerprint density at radius 1 is 1.24 bits per heavy atom. The van der Waals surface area contributed by atoms with Crippen LogP contribution in [0.4, 0.5) is 10.1 Å². The third-order valence-electron chi connectivity index (χ3n) is 3.97. The number of nitrogens with zero attached hydrogens (tertiary/aromatic N) is 2. The summed E-state index contributed by atoms with van der Waals surface area (Å²) >= 11 is 0. The van der Waals surface area contributed by atoms with Gasteiger partial charge < -0.3 is 10.5 Å². The van der Waals surface area contributed by atoms with Crippen LogP contribution in [0.1, 0.15) is 43.8 Å². The maximum absolute atomic E-state index is 13.6. The van der Waals surface area contributed by atoms with Gasteiger partial charge in [0.15, 0.2) is 11.6 Å². The SMILES string of the molecule is Nc1cccc(F)c1OCc1ccn(C2CCCCC2)n1. The molecule has 112 valence electrons. The van der Waals surface area contributed by atoms with E-state index in [2.05, 4.69) is 5.10 Å². The molecule has 2 N–H and O–H groups in total. The number of aromatic nitrogens is 2. The van der Waals surface area contributed by atoms with E-state index in [-0.39, 0.29) is 12.4 Å². The average Bonchev–Trinajstić information content (AvgIpc) is 2.97. The smallest absolute Gasteiger partial charge is 0.178 e. The summed E-state index contributed by atoms with van der Waals surface area (Å²) in [6, 6.07) is 6.94. The van der Waals surface area contributed by atoms with E-state index in [1.54, 1.807) is 12.1 Å². The Morgan fingerprint density at radius 2 is 2.05 bits per heavy atom. The molecule has 0 bridgehead atoms. The van der Waals surface area contributed by atoms with Crippen molar-refractivity contribution >= 4 is 5.69 Å². The van der Waals surface area contributed by atoms with Crippen LogP contribution in [0.5, 0.6) is 5.75 Å². The fourth-order valence-electron chi connectivity index (χ4n) is 2.83. The van der Waals surface area contributed by atoms with E-state index in [9.17, 15) is 4.39 Å². The van der Waals surface area contributed by atoms with Crippen molar-refractivity contribution in [2.75, 3.05) is 5.73 Å². The maximum Gasteiger partial charge on any atom is 0.178 e. The minimum atomic E-state index is -0.443. The molecule has 5 heteroatoms. The van der Waals surface area contributed by atoms with E-state index in [1.165, 1.54) is 38.2 Å². The van der Waals surface area contributed by atoms with Crippen LogP contribution in [0.25, 0.3) is 0 Å². The lowest BCUT2D eigenvalue weighted by Crippen LogP contribution is -2.13. The van der Waals surface area contributed by atoms with Gasteiger partial charge in [-0.2, -0.15) is 5.10 Å². The highest BCUT2D eigenvalue weighted by atomic mass is 19.1. The number of rotatable bonds is 4. The number of hydrogen-bond acceptors (Lipinski definition) is 3. The fourth-order valence-corrected chi connectivity index (χ4v) is 2.83. The second kappa shape index (κ2) is 6.16. The van der Waals surface area contributed by atoms with Gasteiger partial charge in [0.25, 0.3) is 0 Å². The van der Waals surface area contributed by atoms with Crippen molar-refractivity contribution in [2.45, 2.75) is 44.8 Å². The summed E-state index contributed by atoms with van der Waals surface area (Å²) in [6.07, 6.45) is 8.20. The normalized spacial score (nSPS) is 16.0. The summed E-state index contributed by atoms with van der Waals surface area (Å²) in [7, 11) is 0. The molecule has 1 aromatic carbocycles. The standard InChI is InChI=1S/C16H20FN3O/c17-14-7-4-8-15(18)16(14)21-11-12-9-10-20(19-12)13-5-2-1-3-6-13/h4,7-10,13H,1-3,5-6,11,18H2. The third kappa shape index (κ3) is 3.17. The Balaban J connectivity index is 1.64. The lowest BCUT2D eigenvalue weighted by molar-refractivity contribution is 0.280. The number of para-hydroxylation sites is 1. The van der Waals surface area contributed by atoms with Crippen LogP contribution < -0.4 is 10.5 Å². The van der Waals surface area contributed by atoms with E-state index in [0.717, 1.165) is 5.69 Å². The molecule has 21 heavy (non-hydrogen) atoms. The molecule has 2 aromatic rings. The second-order valence-corrected chi connectivity index (χ2v) is 5.53.